The van der Waals surface area contributed by atoms with Crippen molar-refractivity contribution in [1.29, 1.82) is 0 Å². The number of hydrogen-bond donors (Lipinski definition) is 0. The number of ether oxygens (including phenoxy) is 2. The Hall–Kier alpha value is -1.80. The van der Waals surface area contributed by atoms with E-state index in [1.54, 1.807) is 29.2 Å². The molecule has 1 fully saturated rings. The summed E-state index contributed by atoms with van der Waals surface area (Å²) in [6.07, 6.45) is 1.44. The number of methoxy groups -OCH3 is 1. The Morgan fingerprint density at radius 2 is 1.79 bits per heavy atom. The summed E-state index contributed by atoms with van der Waals surface area (Å²) in [5.41, 5.74) is 0. The van der Waals surface area contributed by atoms with E-state index in [0.29, 0.717) is 31.4 Å². The van der Waals surface area contributed by atoms with Crippen molar-refractivity contribution < 1.29 is 22.7 Å². The van der Waals surface area contributed by atoms with Crippen molar-refractivity contribution in [2.24, 2.45) is 5.92 Å². The number of piperidine rings is 1. The van der Waals surface area contributed by atoms with Gasteiger partial charge >= 0.3 is 6.09 Å². The molecule has 0 aliphatic carbocycles. The molecule has 24 heavy (non-hydrogen) atoms. The Morgan fingerprint density at radius 1 is 1.21 bits per heavy atom. The maximum atomic E-state index is 12.0. The number of hydrogen-bond acceptors (Lipinski definition) is 5. The van der Waals surface area contributed by atoms with Gasteiger partial charge in [-0.1, -0.05) is 0 Å². The Morgan fingerprint density at radius 3 is 2.29 bits per heavy atom. The third kappa shape index (κ3) is 4.39. The molecule has 134 valence electrons. The molecule has 1 saturated heterocycles. The van der Waals surface area contributed by atoms with Crippen molar-refractivity contribution in [1.82, 2.24) is 9.21 Å². The predicted octanol–water partition coefficient (Wildman–Crippen LogP) is 1.79. The largest absolute Gasteiger partial charge is 0.493 e. The van der Waals surface area contributed by atoms with Crippen LogP contribution in [0.25, 0.3) is 0 Å². The van der Waals surface area contributed by atoms with Crippen LogP contribution in [0.15, 0.2) is 29.2 Å². The fourth-order valence-corrected chi connectivity index (χ4v) is 3.45. The van der Waals surface area contributed by atoms with E-state index < -0.39 is 10.0 Å². The standard InChI is InChI=1S/C16H24N2O5S/c1-17(2)24(20,21)15-6-4-14(5-7-15)23-12-13-8-10-18(11-9-13)16(19)22-3/h4-7,13H,8-12H2,1-3H3. The molecule has 1 aromatic carbocycles. The van der Waals surface area contributed by atoms with Gasteiger partial charge in [-0.15, -0.1) is 0 Å². The van der Waals surface area contributed by atoms with Crippen LogP contribution in [0.2, 0.25) is 0 Å². The van der Waals surface area contributed by atoms with Crippen LogP contribution in [0.4, 0.5) is 4.79 Å². The van der Waals surface area contributed by atoms with Gasteiger partial charge in [0.05, 0.1) is 18.6 Å². The van der Waals surface area contributed by atoms with Crippen LogP contribution in [0.5, 0.6) is 5.75 Å². The molecule has 8 heteroatoms. The van der Waals surface area contributed by atoms with Gasteiger partial charge < -0.3 is 14.4 Å². The fourth-order valence-electron chi connectivity index (χ4n) is 2.54. The highest BCUT2D eigenvalue weighted by Crippen LogP contribution is 2.22. The molecule has 1 aromatic rings. The van der Waals surface area contributed by atoms with E-state index in [-0.39, 0.29) is 11.0 Å². The molecule has 0 radical (unpaired) electrons. The fraction of sp³-hybridized carbons (Fsp3) is 0.562. The van der Waals surface area contributed by atoms with E-state index in [4.69, 9.17) is 9.47 Å². The minimum atomic E-state index is -3.42. The number of amides is 1. The zero-order chi connectivity index (χ0) is 17.7. The second-order valence-corrected chi connectivity index (χ2v) is 8.12. The van der Waals surface area contributed by atoms with Crippen molar-refractivity contribution in [2.45, 2.75) is 17.7 Å². The van der Waals surface area contributed by atoms with E-state index >= 15 is 0 Å². The third-order valence-electron chi connectivity index (χ3n) is 4.14. The molecule has 0 aromatic heterocycles. The molecular weight excluding hydrogens is 332 g/mol. The minimum absolute atomic E-state index is 0.242. The highest BCUT2D eigenvalue weighted by atomic mass is 32.2. The first-order valence-electron chi connectivity index (χ1n) is 7.83. The van der Waals surface area contributed by atoms with E-state index in [1.807, 2.05) is 0 Å². The van der Waals surface area contributed by atoms with E-state index in [2.05, 4.69) is 0 Å². The molecule has 7 nitrogen and oxygen atoms in total. The lowest BCUT2D eigenvalue weighted by atomic mass is 9.98. The molecule has 0 atom stereocenters. The molecule has 1 aliphatic heterocycles. The summed E-state index contributed by atoms with van der Waals surface area (Å²) in [5, 5.41) is 0. The second-order valence-electron chi connectivity index (χ2n) is 5.97. The van der Waals surface area contributed by atoms with Crippen molar-refractivity contribution in [3.8, 4) is 5.75 Å². The maximum absolute atomic E-state index is 12.0. The van der Waals surface area contributed by atoms with E-state index in [9.17, 15) is 13.2 Å². The van der Waals surface area contributed by atoms with E-state index in [1.165, 1.54) is 25.5 Å². The maximum Gasteiger partial charge on any atom is 0.409 e. The van der Waals surface area contributed by atoms with Gasteiger partial charge in [0.15, 0.2) is 0 Å². The normalized spacial score (nSPS) is 16.2. The highest BCUT2D eigenvalue weighted by Gasteiger charge is 2.23. The first-order chi connectivity index (χ1) is 11.3. The number of nitrogens with zero attached hydrogens (tertiary/aromatic N) is 2. The summed E-state index contributed by atoms with van der Waals surface area (Å²) in [5.74, 6) is 1.01. The topological polar surface area (TPSA) is 76.1 Å². The number of likely N-dealkylation sites (tertiary alicyclic amines) is 1. The van der Waals surface area contributed by atoms with Crippen molar-refractivity contribution in [3.63, 3.8) is 0 Å². The average Bonchev–Trinajstić information content (AvgIpc) is 2.60. The Kier molecular flexibility index (Phi) is 6.06. The smallest absolute Gasteiger partial charge is 0.409 e. The minimum Gasteiger partial charge on any atom is -0.493 e. The van der Waals surface area contributed by atoms with Crippen LogP contribution in [0.3, 0.4) is 0 Å². The van der Waals surface area contributed by atoms with E-state index in [0.717, 1.165) is 12.8 Å². The summed E-state index contributed by atoms with van der Waals surface area (Å²) in [6.45, 7) is 1.89. The van der Waals surface area contributed by atoms with Gasteiger partial charge in [-0.3, -0.25) is 0 Å². The molecular formula is C16H24N2O5S. The molecule has 0 saturated carbocycles. The van der Waals surface area contributed by atoms with Gasteiger partial charge in [0.25, 0.3) is 0 Å². The van der Waals surface area contributed by atoms with Crippen LogP contribution in [-0.4, -0.2) is 64.6 Å². The summed E-state index contributed by atoms with van der Waals surface area (Å²) in [4.78, 5) is 13.4. The summed E-state index contributed by atoms with van der Waals surface area (Å²) >= 11 is 0. The first kappa shape index (κ1) is 18.5. The Labute approximate surface area is 143 Å². The highest BCUT2D eigenvalue weighted by molar-refractivity contribution is 7.89. The van der Waals surface area contributed by atoms with Crippen LogP contribution in [-0.2, 0) is 14.8 Å². The summed E-state index contributed by atoms with van der Waals surface area (Å²) in [7, 11) is 0.970. The van der Waals surface area contributed by atoms with Crippen LogP contribution in [0.1, 0.15) is 12.8 Å². The number of carbonyl (C=O) groups excluding carboxylic acids is 1. The monoisotopic (exact) mass is 356 g/mol. The molecule has 1 amide bonds. The predicted molar refractivity (Wildman–Crippen MR) is 89.5 cm³/mol. The Bertz CT molecular complexity index is 650. The Balaban J connectivity index is 1.85. The molecule has 0 unspecified atom stereocenters. The lowest BCUT2D eigenvalue weighted by Gasteiger charge is -2.30. The first-order valence-corrected chi connectivity index (χ1v) is 9.27. The molecule has 1 heterocycles. The van der Waals surface area contributed by atoms with Gasteiger partial charge in [-0.25, -0.2) is 17.5 Å². The average molecular weight is 356 g/mol. The summed E-state index contributed by atoms with van der Waals surface area (Å²) in [6, 6.07) is 6.43. The number of benzene rings is 1. The SMILES string of the molecule is COC(=O)N1CCC(COc2ccc(S(=O)(=O)N(C)C)cc2)CC1. The van der Waals surface area contributed by atoms with Crippen molar-refractivity contribution in [2.75, 3.05) is 40.9 Å². The third-order valence-corrected chi connectivity index (χ3v) is 5.96. The number of rotatable bonds is 5. The lowest BCUT2D eigenvalue weighted by Crippen LogP contribution is -2.39. The number of carbonyl (C=O) groups is 1. The summed E-state index contributed by atoms with van der Waals surface area (Å²) < 4.78 is 35.6. The molecule has 0 N–H and O–H groups in total. The van der Waals surface area contributed by atoms with Crippen LogP contribution >= 0.6 is 0 Å². The zero-order valence-corrected chi connectivity index (χ0v) is 15.1. The second kappa shape index (κ2) is 7.85. The van der Waals surface area contributed by atoms with Gasteiger partial charge in [0.1, 0.15) is 5.75 Å². The number of sulfonamides is 1. The van der Waals surface area contributed by atoms with Gasteiger partial charge in [-0.2, -0.15) is 0 Å². The quantitative estimate of drug-likeness (QED) is 0.804. The molecule has 2 rings (SSSR count). The zero-order valence-electron chi connectivity index (χ0n) is 14.3. The van der Waals surface area contributed by atoms with Crippen LogP contribution < -0.4 is 4.74 Å². The van der Waals surface area contributed by atoms with Crippen molar-refractivity contribution >= 4 is 16.1 Å². The van der Waals surface area contributed by atoms with Gasteiger partial charge in [0.2, 0.25) is 10.0 Å². The van der Waals surface area contributed by atoms with Gasteiger partial charge in [0, 0.05) is 27.2 Å². The van der Waals surface area contributed by atoms with Crippen molar-refractivity contribution in [3.05, 3.63) is 24.3 Å². The molecule has 0 bridgehead atoms. The van der Waals surface area contributed by atoms with Gasteiger partial charge in [-0.05, 0) is 43.0 Å². The lowest BCUT2D eigenvalue weighted by molar-refractivity contribution is 0.0965. The molecule has 1 aliphatic rings. The van der Waals surface area contributed by atoms with Crippen LogP contribution in [0, 0.1) is 5.92 Å². The molecule has 0 spiro atoms.